The molecule has 76 valence electrons. The van der Waals surface area contributed by atoms with Crippen molar-refractivity contribution in [2.45, 2.75) is 9.79 Å². The lowest BCUT2D eigenvalue weighted by molar-refractivity contribution is -0.388. The zero-order chi connectivity index (χ0) is 10.9. The quantitative estimate of drug-likeness (QED) is 0.346. The molecule has 0 spiro atoms. The number of rotatable bonds is 2. The van der Waals surface area contributed by atoms with E-state index >= 15 is 0 Å². The summed E-state index contributed by atoms with van der Waals surface area (Å²) in [5.74, 6) is 0. The first-order valence-corrected chi connectivity index (χ1v) is 5.16. The Balaban J connectivity index is 3.54. The Morgan fingerprint density at radius 3 is 2.43 bits per heavy atom. The molecule has 0 aromatic heterocycles. The minimum atomic E-state index is -4.59. The molecule has 6 nitrogen and oxygen atoms in total. The van der Waals surface area contributed by atoms with Gasteiger partial charge in [-0.3, -0.25) is 14.7 Å². The predicted molar refractivity (Wildman–Crippen MR) is 50.2 cm³/mol. The number of nitro benzene ring substituents is 1. The second kappa shape index (κ2) is 3.56. The molecule has 0 amide bonds. The van der Waals surface area contributed by atoms with Crippen molar-refractivity contribution in [3.8, 4) is 0 Å². The normalized spacial score (nSPS) is 11.3. The third-order valence-electron chi connectivity index (χ3n) is 1.42. The van der Waals surface area contributed by atoms with Gasteiger partial charge in [0, 0.05) is 11.0 Å². The fourth-order valence-electron chi connectivity index (χ4n) is 0.860. The van der Waals surface area contributed by atoms with Gasteiger partial charge < -0.3 is 0 Å². The summed E-state index contributed by atoms with van der Waals surface area (Å²) in [7, 11) is -4.59. The Hall–Kier alpha value is -1.12. The van der Waals surface area contributed by atoms with Crippen LogP contribution in [0.15, 0.2) is 28.0 Å². The minimum absolute atomic E-state index is 0.211. The third kappa shape index (κ3) is 2.22. The van der Waals surface area contributed by atoms with Crippen molar-refractivity contribution in [1.29, 1.82) is 0 Å². The number of nitro groups is 1. The van der Waals surface area contributed by atoms with Gasteiger partial charge in [-0.1, -0.05) is 0 Å². The average Bonchev–Trinajstić information content (AvgIpc) is 2.01. The van der Waals surface area contributed by atoms with Gasteiger partial charge >= 0.3 is 10.1 Å². The van der Waals surface area contributed by atoms with Crippen LogP contribution in [0.2, 0.25) is 0 Å². The number of thiol groups is 1. The van der Waals surface area contributed by atoms with Crippen LogP contribution in [-0.4, -0.2) is 17.9 Å². The maximum absolute atomic E-state index is 10.7. The molecule has 0 bridgehead atoms. The van der Waals surface area contributed by atoms with Gasteiger partial charge in [0.05, 0.1) is 4.92 Å². The second-order valence-corrected chi connectivity index (χ2v) is 4.29. The second-order valence-electron chi connectivity index (χ2n) is 2.38. The van der Waals surface area contributed by atoms with E-state index in [9.17, 15) is 18.5 Å². The molecule has 1 N–H and O–H groups in total. The van der Waals surface area contributed by atoms with Crippen LogP contribution in [0.25, 0.3) is 0 Å². The first-order valence-electron chi connectivity index (χ1n) is 3.27. The summed E-state index contributed by atoms with van der Waals surface area (Å²) in [4.78, 5) is 8.95. The first-order chi connectivity index (χ1) is 6.32. The van der Waals surface area contributed by atoms with Crippen LogP contribution >= 0.6 is 12.6 Å². The lowest BCUT2D eigenvalue weighted by Gasteiger charge is -1.99. The maximum Gasteiger partial charge on any atom is 0.301 e. The van der Waals surface area contributed by atoms with Gasteiger partial charge in [0.15, 0.2) is 4.90 Å². The van der Waals surface area contributed by atoms with Crippen molar-refractivity contribution in [2.75, 3.05) is 0 Å². The lowest BCUT2D eigenvalue weighted by atomic mass is 10.3. The zero-order valence-electron chi connectivity index (χ0n) is 6.61. The molecule has 0 atom stereocenters. The van der Waals surface area contributed by atoms with E-state index in [2.05, 4.69) is 12.6 Å². The van der Waals surface area contributed by atoms with Crippen LogP contribution < -0.4 is 0 Å². The van der Waals surface area contributed by atoms with Gasteiger partial charge in [-0.25, -0.2) is 0 Å². The fourth-order valence-corrected chi connectivity index (χ4v) is 1.83. The largest absolute Gasteiger partial charge is 0.301 e. The Kier molecular flexibility index (Phi) is 2.79. The molecule has 0 aliphatic heterocycles. The molecule has 1 aromatic rings. The van der Waals surface area contributed by atoms with Crippen molar-refractivity contribution >= 4 is 28.4 Å². The van der Waals surface area contributed by atoms with E-state index in [1.54, 1.807) is 0 Å². The SMILES string of the molecule is O=[N+]([O-])c1ccc(S)cc1S(=O)(=O)O. The standard InChI is InChI=1S/C6H5NO5S2/c8-7(9)5-2-1-4(13)3-6(5)14(10,11)12/h1-3,13H,(H,10,11,12). The molecule has 0 saturated heterocycles. The Labute approximate surface area is 84.9 Å². The molecule has 0 unspecified atom stereocenters. The smallest absolute Gasteiger partial charge is 0.282 e. The van der Waals surface area contributed by atoms with Gasteiger partial charge in [0.2, 0.25) is 0 Å². The number of nitrogens with zero attached hydrogens (tertiary/aromatic N) is 1. The van der Waals surface area contributed by atoms with Crippen LogP contribution in [0.3, 0.4) is 0 Å². The molecule has 0 radical (unpaired) electrons. The summed E-state index contributed by atoms with van der Waals surface area (Å²) in [6.07, 6.45) is 0. The molecule has 1 aromatic carbocycles. The lowest BCUT2D eigenvalue weighted by Crippen LogP contribution is -2.03. The average molecular weight is 235 g/mol. The topological polar surface area (TPSA) is 97.5 Å². The third-order valence-corrected chi connectivity index (χ3v) is 2.58. The van der Waals surface area contributed by atoms with E-state index in [1.807, 2.05) is 0 Å². The van der Waals surface area contributed by atoms with Gasteiger partial charge in [-0.15, -0.1) is 12.6 Å². The molecule has 0 aliphatic rings. The molecular weight excluding hydrogens is 230 g/mol. The number of benzene rings is 1. The maximum atomic E-state index is 10.7. The summed E-state index contributed by atoms with van der Waals surface area (Å²) in [6.45, 7) is 0. The van der Waals surface area contributed by atoms with Crippen LogP contribution in [0.1, 0.15) is 0 Å². The van der Waals surface area contributed by atoms with Gasteiger partial charge in [0.25, 0.3) is 5.69 Å². The van der Waals surface area contributed by atoms with Crippen LogP contribution in [-0.2, 0) is 10.1 Å². The molecule has 8 heteroatoms. The van der Waals surface area contributed by atoms with Gasteiger partial charge in [0.1, 0.15) is 0 Å². The van der Waals surface area contributed by atoms with E-state index in [-0.39, 0.29) is 4.90 Å². The van der Waals surface area contributed by atoms with E-state index in [0.717, 1.165) is 12.1 Å². The van der Waals surface area contributed by atoms with Crippen LogP contribution in [0.4, 0.5) is 5.69 Å². The van der Waals surface area contributed by atoms with E-state index in [0.29, 0.717) is 0 Å². The number of hydrogen-bond donors (Lipinski definition) is 2. The van der Waals surface area contributed by atoms with Crippen LogP contribution in [0.5, 0.6) is 0 Å². The fraction of sp³-hybridized carbons (Fsp3) is 0. The Bertz CT molecular complexity index is 481. The molecule has 14 heavy (non-hydrogen) atoms. The summed E-state index contributed by atoms with van der Waals surface area (Å²) >= 11 is 3.80. The molecule has 0 aliphatic carbocycles. The van der Waals surface area contributed by atoms with Crippen molar-refractivity contribution < 1.29 is 17.9 Å². The highest BCUT2D eigenvalue weighted by Gasteiger charge is 2.23. The van der Waals surface area contributed by atoms with Crippen LogP contribution in [0, 0.1) is 10.1 Å². The van der Waals surface area contributed by atoms with Crippen molar-refractivity contribution in [2.24, 2.45) is 0 Å². The van der Waals surface area contributed by atoms with Gasteiger partial charge in [-0.05, 0) is 12.1 Å². The van der Waals surface area contributed by atoms with Crippen molar-refractivity contribution in [1.82, 2.24) is 0 Å². The summed E-state index contributed by atoms with van der Waals surface area (Å²) in [5.41, 5.74) is -0.676. The molecule has 0 fully saturated rings. The van der Waals surface area contributed by atoms with E-state index < -0.39 is 25.6 Å². The highest BCUT2D eigenvalue weighted by atomic mass is 32.2. The predicted octanol–water partition coefficient (Wildman–Crippen LogP) is 1.13. The van der Waals surface area contributed by atoms with Crippen molar-refractivity contribution in [3.05, 3.63) is 28.3 Å². The summed E-state index contributed by atoms with van der Waals surface area (Å²) in [6, 6.07) is 3.14. The molecular formula is C6H5NO5S2. The molecule has 0 saturated carbocycles. The number of hydrogen-bond acceptors (Lipinski definition) is 5. The van der Waals surface area contributed by atoms with Crippen molar-refractivity contribution in [3.63, 3.8) is 0 Å². The van der Waals surface area contributed by atoms with E-state index in [1.165, 1.54) is 6.07 Å². The van der Waals surface area contributed by atoms with E-state index in [4.69, 9.17) is 4.55 Å². The molecule has 0 heterocycles. The molecule has 1 rings (SSSR count). The highest BCUT2D eigenvalue weighted by molar-refractivity contribution is 7.86. The first kappa shape index (κ1) is 11.0. The Morgan fingerprint density at radius 2 is 2.00 bits per heavy atom. The highest BCUT2D eigenvalue weighted by Crippen LogP contribution is 2.25. The summed E-state index contributed by atoms with van der Waals surface area (Å²) in [5, 5.41) is 10.4. The van der Waals surface area contributed by atoms with Gasteiger partial charge in [-0.2, -0.15) is 8.42 Å². The Morgan fingerprint density at radius 1 is 1.43 bits per heavy atom. The summed E-state index contributed by atoms with van der Waals surface area (Å²) < 4.78 is 30.1. The zero-order valence-corrected chi connectivity index (χ0v) is 8.33. The monoisotopic (exact) mass is 235 g/mol. The minimum Gasteiger partial charge on any atom is -0.282 e.